The van der Waals surface area contributed by atoms with Crippen LogP contribution in [0.1, 0.15) is 56.0 Å². The number of H-pyrrole nitrogens is 1. The molecule has 8 heteroatoms. The number of carbonyl (C=O) groups is 3. The predicted molar refractivity (Wildman–Crippen MR) is 124 cm³/mol. The lowest BCUT2D eigenvalue weighted by Gasteiger charge is -2.04. The predicted octanol–water partition coefficient (Wildman–Crippen LogP) is 4.05. The summed E-state index contributed by atoms with van der Waals surface area (Å²) in [6.07, 6.45) is 2.91. The Labute approximate surface area is 192 Å². The number of carbonyl (C=O) groups excluding carboxylic acids is 3. The molecule has 8 nitrogen and oxygen atoms in total. The lowest BCUT2D eigenvalue weighted by Crippen LogP contribution is -2.14. The molecule has 2 aromatic heterocycles. The van der Waals surface area contributed by atoms with Crippen LogP contribution in [0, 0.1) is 27.7 Å². The number of hydrogen-bond donors (Lipinski definition) is 1. The van der Waals surface area contributed by atoms with Gasteiger partial charge in [-0.25, -0.2) is 14.3 Å². The van der Waals surface area contributed by atoms with Gasteiger partial charge in [-0.05, 0) is 58.4 Å². The van der Waals surface area contributed by atoms with Crippen LogP contribution in [0.5, 0.6) is 0 Å². The van der Waals surface area contributed by atoms with Crippen LogP contribution in [0.2, 0.25) is 0 Å². The van der Waals surface area contributed by atoms with Gasteiger partial charge in [-0.1, -0.05) is 18.2 Å². The third-order valence-corrected chi connectivity index (χ3v) is 5.28. The summed E-state index contributed by atoms with van der Waals surface area (Å²) in [6, 6.07) is 9.69. The molecule has 3 aromatic rings. The van der Waals surface area contributed by atoms with Gasteiger partial charge in [-0.3, -0.25) is 4.79 Å². The van der Waals surface area contributed by atoms with E-state index in [2.05, 4.69) is 10.1 Å². The van der Waals surface area contributed by atoms with Gasteiger partial charge in [0.05, 0.1) is 29.2 Å². The van der Waals surface area contributed by atoms with Gasteiger partial charge in [0.1, 0.15) is 0 Å². The van der Waals surface area contributed by atoms with Gasteiger partial charge in [-0.2, -0.15) is 5.10 Å². The lowest BCUT2D eigenvalue weighted by molar-refractivity contribution is -0.136. The molecular formula is C25H27N3O5. The smallest absolute Gasteiger partial charge is 0.340 e. The van der Waals surface area contributed by atoms with Crippen molar-refractivity contribution in [1.29, 1.82) is 0 Å². The molecule has 0 bridgehead atoms. The molecular weight excluding hydrogens is 422 g/mol. The Morgan fingerprint density at radius 3 is 2.42 bits per heavy atom. The molecule has 0 amide bonds. The molecule has 0 unspecified atom stereocenters. The third kappa shape index (κ3) is 5.11. The number of nitrogens with one attached hydrogen (secondary N) is 1. The zero-order chi connectivity index (χ0) is 24.1. The van der Waals surface area contributed by atoms with Crippen molar-refractivity contribution >= 4 is 23.8 Å². The number of aryl methyl sites for hydroxylation is 2. The number of rotatable bonds is 8. The number of ketones is 1. The van der Waals surface area contributed by atoms with E-state index in [0.29, 0.717) is 16.8 Å². The fourth-order valence-corrected chi connectivity index (χ4v) is 3.66. The highest BCUT2D eigenvalue weighted by Gasteiger charge is 2.23. The molecule has 0 aliphatic heterocycles. The van der Waals surface area contributed by atoms with Gasteiger partial charge in [-0.15, -0.1) is 0 Å². The van der Waals surface area contributed by atoms with Crippen LogP contribution in [0.4, 0.5) is 0 Å². The van der Waals surface area contributed by atoms with Gasteiger partial charge < -0.3 is 14.5 Å². The van der Waals surface area contributed by atoms with Crippen LogP contribution in [0.25, 0.3) is 11.8 Å². The first-order valence-electron chi connectivity index (χ1n) is 10.6. The molecule has 172 valence electrons. The second-order valence-electron chi connectivity index (χ2n) is 7.54. The molecule has 0 saturated carbocycles. The molecule has 1 N–H and O–H groups in total. The molecule has 1 aromatic carbocycles. The average molecular weight is 450 g/mol. The molecule has 0 spiro atoms. The zero-order valence-corrected chi connectivity index (χ0v) is 19.4. The van der Waals surface area contributed by atoms with Crippen molar-refractivity contribution in [3.05, 3.63) is 75.9 Å². The molecule has 0 aliphatic carbocycles. The molecule has 33 heavy (non-hydrogen) atoms. The van der Waals surface area contributed by atoms with E-state index in [1.54, 1.807) is 31.5 Å². The molecule has 0 aliphatic rings. The summed E-state index contributed by atoms with van der Waals surface area (Å²) in [5.74, 6) is -1.58. The topological polar surface area (TPSA) is 103 Å². The summed E-state index contributed by atoms with van der Waals surface area (Å²) in [7, 11) is 0. The highest BCUT2D eigenvalue weighted by molar-refractivity contribution is 6.03. The summed E-state index contributed by atoms with van der Waals surface area (Å²) in [4.78, 5) is 39.8. The Morgan fingerprint density at radius 1 is 1.06 bits per heavy atom. The van der Waals surface area contributed by atoms with E-state index < -0.39 is 24.3 Å². The standard InChI is InChI=1S/C25H27N3O5/c1-6-32-25(31)23-15(2)24(26-17(23)4)21(29)14-33-22(30)13-12-20-16(3)27-28(18(20)5)19-10-8-7-9-11-19/h7-13,26H,6,14H2,1-5H3/b13-12+. The number of hydrogen-bond acceptors (Lipinski definition) is 6. The molecule has 0 radical (unpaired) electrons. The van der Waals surface area contributed by atoms with E-state index >= 15 is 0 Å². The quantitative estimate of drug-likeness (QED) is 0.316. The van der Waals surface area contributed by atoms with Crippen LogP contribution >= 0.6 is 0 Å². The van der Waals surface area contributed by atoms with E-state index in [4.69, 9.17) is 9.47 Å². The summed E-state index contributed by atoms with van der Waals surface area (Å²) in [5.41, 5.74) is 4.92. The van der Waals surface area contributed by atoms with Crippen LogP contribution in [0.15, 0.2) is 36.4 Å². The van der Waals surface area contributed by atoms with Crippen molar-refractivity contribution in [2.45, 2.75) is 34.6 Å². The SMILES string of the molecule is CCOC(=O)c1c(C)[nH]c(C(=O)COC(=O)/C=C/c2c(C)nn(-c3ccccc3)c2C)c1C. The number of Topliss-reactive ketones (excluding diaryl/α,β-unsaturated/α-hetero) is 1. The van der Waals surface area contributed by atoms with Crippen LogP contribution in [0.3, 0.4) is 0 Å². The molecule has 0 saturated heterocycles. The Balaban J connectivity index is 1.67. The second kappa shape index (κ2) is 10.1. The number of benzene rings is 1. The maximum Gasteiger partial charge on any atom is 0.340 e. The molecule has 0 atom stereocenters. The van der Waals surface area contributed by atoms with Crippen molar-refractivity contribution in [2.24, 2.45) is 0 Å². The summed E-state index contributed by atoms with van der Waals surface area (Å²) in [5, 5.41) is 4.54. The minimum absolute atomic E-state index is 0.225. The summed E-state index contributed by atoms with van der Waals surface area (Å²) < 4.78 is 12.0. The van der Waals surface area contributed by atoms with E-state index in [9.17, 15) is 14.4 Å². The zero-order valence-electron chi connectivity index (χ0n) is 19.4. The van der Waals surface area contributed by atoms with Crippen molar-refractivity contribution < 1.29 is 23.9 Å². The first-order valence-corrected chi connectivity index (χ1v) is 10.6. The summed E-state index contributed by atoms with van der Waals surface area (Å²) in [6.45, 7) is 8.61. The number of esters is 2. The number of ether oxygens (including phenoxy) is 2. The third-order valence-electron chi connectivity index (χ3n) is 5.28. The minimum Gasteiger partial charge on any atom is -0.462 e. The van der Waals surface area contributed by atoms with Crippen LogP contribution < -0.4 is 0 Å². The first kappa shape index (κ1) is 23.7. The normalized spacial score (nSPS) is 11.1. The van der Waals surface area contributed by atoms with Crippen molar-refractivity contribution in [1.82, 2.24) is 14.8 Å². The first-order chi connectivity index (χ1) is 15.7. The Morgan fingerprint density at radius 2 is 1.76 bits per heavy atom. The Hall–Kier alpha value is -3.94. The van der Waals surface area contributed by atoms with E-state index in [-0.39, 0.29) is 12.3 Å². The Kier molecular flexibility index (Phi) is 7.27. The molecule has 0 fully saturated rings. The van der Waals surface area contributed by atoms with Gasteiger partial charge in [0.25, 0.3) is 0 Å². The highest BCUT2D eigenvalue weighted by Crippen LogP contribution is 2.21. The maximum atomic E-state index is 12.6. The number of aromatic amines is 1. The van der Waals surface area contributed by atoms with Crippen LogP contribution in [-0.4, -0.2) is 45.7 Å². The van der Waals surface area contributed by atoms with Crippen molar-refractivity contribution in [3.8, 4) is 5.69 Å². The second-order valence-corrected chi connectivity index (χ2v) is 7.54. The van der Waals surface area contributed by atoms with Gasteiger partial charge >= 0.3 is 11.9 Å². The minimum atomic E-state index is -0.652. The van der Waals surface area contributed by atoms with Crippen molar-refractivity contribution in [2.75, 3.05) is 13.2 Å². The largest absolute Gasteiger partial charge is 0.462 e. The van der Waals surface area contributed by atoms with Gasteiger partial charge in [0, 0.05) is 23.0 Å². The van der Waals surface area contributed by atoms with Crippen molar-refractivity contribution in [3.63, 3.8) is 0 Å². The number of para-hydroxylation sites is 1. The van der Waals surface area contributed by atoms with Gasteiger partial charge in [0.2, 0.25) is 5.78 Å². The van der Waals surface area contributed by atoms with Gasteiger partial charge in [0.15, 0.2) is 6.61 Å². The number of aromatic nitrogens is 3. The lowest BCUT2D eigenvalue weighted by atomic mass is 10.1. The maximum absolute atomic E-state index is 12.6. The average Bonchev–Trinajstić information content (AvgIpc) is 3.25. The van der Waals surface area contributed by atoms with Crippen LogP contribution in [-0.2, 0) is 14.3 Å². The summed E-state index contributed by atoms with van der Waals surface area (Å²) >= 11 is 0. The molecule has 2 heterocycles. The van der Waals surface area contributed by atoms with E-state index in [0.717, 1.165) is 22.6 Å². The molecule has 3 rings (SSSR count). The monoisotopic (exact) mass is 449 g/mol. The van der Waals surface area contributed by atoms with E-state index in [1.807, 2.05) is 44.2 Å². The fourth-order valence-electron chi connectivity index (χ4n) is 3.66. The fraction of sp³-hybridized carbons (Fsp3) is 0.280. The van der Waals surface area contributed by atoms with E-state index in [1.165, 1.54) is 6.08 Å². The highest BCUT2D eigenvalue weighted by atomic mass is 16.5. The Bertz CT molecular complexity index is 1220. The number of nitrogens with zero attached hydrogens (tertiary/aromatic N) is 2.